The van der Waals surface area contributed by atoms with E-state index in [-0.39, 0.29) is 5.69 Å². The molecular weight excluding hydrogens is 486 g/mol. The number of hydrogen-bond donors (Lipinski definition) is 1. The Bertz CT molecular complexity index is 1680. The molecule has 1 amide bonds. The van der Waals surface area contributed by atoms with Crippen LogP contribution in [0.5, 0.6) is 0 Å². The number of rotatable bonds is 4. The molecule has 10 heteroatoms. The zero-order chi connectivity index (χ0) is 26.2. The van der Waals surface area contributed by atoms with Gasteiger partial charge in [0, 0.05) is 23.6 Å². The number of carbonyl (C=O) groups is 1. The summed E-state index contributed by atoms with van der Waals surface area (Å²) in [5.41, 5.74) is 0.518. The molecule has 5 aromatic rings. The Morgan fingerprint density at radius 2 is 1.78 bits per heavy atom. The standard InChI is InChI=1S/C27H15F4N5O/c28-18-6-8-19(9-7-18)35-26(37)21-13-16(5-10-22(21)27(29,30)31)20-4-2-12-36-23(20)15-34-25(36)24-17(14-32)3-1-11-33-24/h1-13,15H,(H,35,37). The molecule has 1 N–H and O–H groups in total. The maximum atomic E-state index is 13.8. The lowest BCUT2D eigenvalue weighted by Crippen LogP contribution is -2.19. The summed E-state index contributed by atoms with van der Waals surface area (Å²) in [7, 11) is 0. The first-order valence-electron chi connectivity index (χ1n) is 10.9. The highest BCUT2D eigenvalue weighted by atomic mass is 19.4. The third-order valence-corrected chi connectivity index (χ3v) is 5.69. The van der Waals surface area contributed by atoms with Crippen LogP contribution in [0.2, 0.25) is 0 Å². The van der Waals surface area contributed by atoms with Crippen LogP contribution in [0.15, 0.2) is 85.3 Å². The minimum atomic E-state index is -4.78. The number of halogens is 4. The molecule has 3 heterocycles. The molecule has 0 unspecified atom stereocenters. The summed E-state index contributed by atoms with van der Waals surface area (Å²) < 4.78 is 56.2. The first-order chi connectivity index (χ1) is 17.8. The molecule has 0 atom stereocenters. The number of nitriles is 1. The summed E-state index contributed by atoms with van der Waals surface area (Å²) >= 11 is 0. The van der Waals surface area contributed by atoms with E-state index >= 15 is 0 Å². The number of imidazole rings is 1. The maximum Gasteiger partial charge on any atom is 0.417 e. The van der Waals surface area contributed by atoms with Gasteiger partial charge in [0.15, 0.2) is 5.82 Å². The fraction of sp³-hybridized carbons (Fsp3) is 0.0370. The van der Waals surface area contributed by atoms with Crippen LogP contribution in [0, 0.1) is 17.1 Å². The van der Waals surface area contributed by atoms with Gasteiger partial charge in [-0.05, 0) is 60.2 Å². The summed E-state index contributed by atoms with van der Waals surface area (Å²) in [4.78, 5) is 21.6. The predicted octanol–water partition coefficient (Wildman–Crippen LogP) is 6.35. The number of aromatic nitrogens is 3. The fourth-order valence-electron chi connectivity index (χ4n) is 3.99. The topological polar surface area (TPSA) is 83.1 Å². The third kappa shape index (κ3) is 4.50. The van der Waals surface area contributed by atoms with Gasteiger partial charge in [0.1, 0.15) is 17.6 Å². The summed E-state index contributed by atoms with van der Waals surface area (Å²) in [6.07, 6.45) is -0.0287. The molecule has 0 radical (unpaired) electrons. The molecule has 6 nitrogen and oxygen atoms in total. The average molecular weight is 501 g/mol. The first kappa shape index (κ1) is 23.7. The number of alkyl halides is 3. The van der Waals surface area contributed by atoms with Crippen molar-refractivity contribution in [2.24, 2.45) is 0 Å². The van der Waals surface area contributed by atoms with E-state index in [4.69, 9.17) is 0 Å². The number of amides is 1. The second kappa shape index (κ2) is 9.20. The SMILES string of the molecule is N#Cc1cccnc1-c1ncc2c(-c3ccc(C(F)(F)F)c(C(=O)Nc4ccc(F)cc4)c3)cccn12. The Labute approximate surface area is 207 Å². The van der Waals surface area contributed by atoms with Crippen LogP contribution < -0.4 is 5.32 Å². The highest BCUT2D eigenvalue weighted by Crippen LogP contribution is 2.36. The number of nitrogens with zero attached hydrogens (tertiary/aromatic N) is 4. The molecule has 0 bridgehead atoms. The van der Waals surface area contributed by atoms with Gasteiger partial charge in [0.25, 0.3) is 5.91 Å². The lowest BCUT2D eigenvalue weighted by atomic mass is 9.98. The normalized spacial score (nSPS) is 11.3. The lowest BCUT2D eigenvalue weighted by Gasteiger charge is -2.15. The maximum absolute atomic E-state index is 13.8. The number of fused-ring (bicyclic) bond motifs is 1. The van der Waals surface area contributed by atoms with E-state index in [1.807, 2.05) is 0 Å². The smallest absolute Gasteiger partial charge is 0.322 e. The van der Waals surface area contributed by atoms with E-state index in [0.29, 0.717) is 33.7 Å². The number of pyridine rings is 2. The van der Waals surface area contributed by atoms with Crippen LogP contribution in [0.3, 0.4) is 0 Å². The van der Waals surface area contributed by atoms with Crippen molar-refractivity contribution in [1.82, 2.24) is 14.4 Å². The minimum Gasteiger partial charge on any atom is -0.322 e. The van der Waals surface area contributed by atoms with Crippen molar-refractivity contribution in [3.05, 3.63) is 108 Å². The molecule has 0 spiro atoms. The molecule has 37 heavy (non-hydrogen) atoms. The zero-order valence-corrected chi connectivity index (χ0v) is 18.8. The molecule has 0 aliphatic heterocycles. The third-order valence-electron chi connectivity index (χ3n) is 5.69. The molecule has 0 fully saturated rings. The van der Waals surface area contributed by atoms with E-state index in [0.717, 1.165) is 24.3 Å². The van der Waals surface area contributed by atoms with Crippen LogP contribution in [0.4, 0.5) is 23.2 Å². The van der Waals surface area contributed by atoms with Crippen molar-refractivity contribution in [3.8, 4) is 28.7 Å². The summed E-state index contributed by atoms with van der Waals surface area (Å²) in [6.45, 7) is 0. The van der Waals surface area contributed by atoms with Gasteiger partial charge >= 0.3 is 6.18 Å². The molecule has 0 saturated carbocycles. The minimum absolute atomic E-state index is 0.149. The molecule has 0 saturated heterocycles. The van der Waals surface area contributed by atoms with Gasteiger partial charge in [0.05, 0.1) is 28.4 Å². The molecule has 0 aliphatic rings. The van der Waals surface area contributed by atoms with Crippen molar-refractivity contribution in [1.29, 1.82) is 5.26 Å². The van der Waals surface area contributed by atoms with Gasteiger partial charge in [-0.1, -0.05) is 12.1 Å². The summed E-state index contributed by atoms with van der Waals surface area (Å²) in [5.74, 6) is -1.15. The van der Waals surface area contributed by atoms with Crippen LogP contribution in [-0.4, -0.2) is 20.3 Å². The van der Waals surface area contributed by atoms with Crippen LogP contribution in [0.1, 0.15) is 21.5 Å². The summed E-state index contributed by atoms with van der Waals surface area (Å²) in [5, 5.41) is 11.8. The van der Waals surface area contributed by atoms with Gasteiger partial charge in [-0.25, -0.2) is 9.37 Å². The van der Waals surface area contributed by atoms with Crippen LogP contribution >= 0.6 is 0 Å². The number of hydrogen-bond acceptors (Lipinski definition) is 4. The van der Waals surface area contributed by atoms with E-state index in [1.54, 1.807) is 34.9 Å². The Morgan fingerprint density at radius 3 is 2.51 bits per heavy atom. The second-order valence-electron chi connectivity index (χ2n) is 7.99. The van der Waals surface area contributed by atoms with E-state index in [1.165, 1.54) is 30.6 Å². The summed E-state index contributed by atoms with van der Waals surface area (Å²) in [6, 6.07) is 16.7. The Balaban J connectivity index is 1.62. The molecule has 182 valence electrons. The monoisotopic (exact) mass is 501 g/mol. The van der Waals surface area contributed by atoms with Crippen molar-refractivity contribution in [2.75, 3.05) is 5.32 Å². The molecule has 0 aliphatic carbocycles. The van der Waals surface area contributed by atoms with Gasteiger partial charge in [-0.2, -0.15) is 18.4 Å². The molecular formula is C27H15F4N5O. The number of carbonyl (C=O) groups excluding carboxylic acids is 1. The quantitative estimate of drug-likeness (QED) is 0.291. The van der Waals surface area contributed by atoms with Crippen LogP contribution in [0.25, 0.3) is 28.2 Å². The van der Waals surface area contributed by atoms with Crippen molar-refractivity contribution < 1.29 is 22.4 Å². The van der Waals surface area contributed by atoms with Crippen molar-refractivity contribution >= 4 is 17.1 Å². The highest BCUT2D eigenvalue weighted by Gasteiger charge is 2.35. The molecule has 3 aromatic heterocycles. The van der Waals surface area contributed by atoms with Gasteiger partial charge < -0.3 is 5.32 Å². The largest absolute Gasteiger partial charge is 0.417 e. The molecule has 2 aromatic carbocycles. The van der Waals surface area contributed by atoms with Crippen LogP contribution in [-0.2, 0) is 6.18 Å². The predicted molar refractivity (Wildman–Crippen MR) is 128 cm³/mol. The van der Waals surface area contributed by atoms with Crippen molar-refractivity contribution in [2.45, 2.75) is 6.18 Å². The number of nitrogens with one attached hydrogen (secondary N) is 1. The highest BCUT2D eigenvalue weighted by molar-refractivity contribution is 6.06. The van der Waals surface area contributed by atoms with E-state index in [2.05, 4.69) is 21.4 Å². The van der Waals surface area contributed by atoms with E-state index < -0.39 is 29.0 Å². The number of benzene rings is 2. The Morgan fingerprint density at radius 1 is 1.00 bits per heavy atom. The Kier molecular flexibility index (Phi) is 5.89. The lowest BCUT2D eigenvalue weighted by molar-refractivity contribution is -0.137. The van der Waals surface area contributed by atoms with Gasteiger partial charge in [-0.3, -0.25) is 14.2 Å². The van der Waals surface area contributed by atoms with Gasteiger partial charge in [-0.15, -0.1) is 0 Å². The fourth-order valence-corrected chi connectivity index (χ4v) is 3.99. The number of anilines is 1. The second-order valence-corrected chi connectivity index (χ2v) is 7.99. The van der Waals surface area contributed by atoms with Gasteiger partial charge in [0.2, 0.25) is 0 Å². The Hall–Kier alpha value is -5.04. The molecule has 5 rings (SSSR count). The average Bonchev–Trinajstić information content (AvgIpc) is 3.33. The zero-order valence-electron chi connectivity index (χ0n) is 18.8. The van der Waals surface area contributed by atoms with Crippen molar-refractivity contribution in [3.63, 3.8) is 0 Å². The van der Waals surface area contributed by atoms with E-state index in [9.17, 15) is 27.6 Å². The first-order valence-corrected chi connectivity index (χ1v) is 10.9.